The van der Waals surface area contributed by atoms with Crippen LogP contribution in [0, 0.1) is 17.7 Å². The highest BCUT2D eigenvalue weighted by molar-refractivity contribution is 5.46. The fourth-order valence-corrected chi connectivity index (χ4v) is 1.33. The van der Waals surface area contributed by atoms with Gasteiger partial charge in [-0.25, -0.2) is 4.39 Å². The van der Waals surface area contributed by atoms with Gasteiger partial charge in [0, 0.05) is 7.11 Å². The minimum Gasteiger partial charge on any atom is -0.490 e. The summed E-state index contributed by atoms with van der Waals surface area (Å²) in [5, 5.41) is 0. The van der Waals surface area contributed by atoms with Crippen LogP contribution in [-0.4, -0.2) is 40.1 Å². The van der Waals surface area contributed by atoms with E-state index < -0.39 is 0 Å². The Morgan fingerprint density at radius 2 is 2.00 bits per heavy atom. The lowest BCUT2D eigenvalue weighted by Gasteiger charge is -2.09. The van der Waals surface area contributed by atoms with Gasteiger partial charge in [0.05, 0.1) is 31.9 Å². The zero-order chi connectivity index (χ0) is 13.9. The highest BCUT2D eigenvalue weighted by atomic mass is 19.1. The average molecular weight is 267 g/mol. The Morgan fingerprint density at radius 1 is 1.21 bits per heavy atom. The normalized spacial score (nSPS) is 9.84. The largest absolute Gasteiger partial charge is 0.490 e. The third-order valence-electron chi connectivity index (χ3n) is 2.18. The molecule has 19 heavy (non-hydrogen) atoms. The number of halogens is 1. The van der Waals surface area contributed by atoms with Crippen molar-refractivity contribution in [2.75, 3.05) is 40.1 Å². The molecule has 0 unspecified atom stereocenters. The summed E-state index contributed by atoms with van der Waals surface area (Å²) >= 11 is 0. The summed E-state index contributed by atoms with van der Waals surface area (Å²) in [4.78, 5) is 0. The molecule has 0 spiro atoms. The first-order chi connectivity index (χ1) is 9.27. The maximum absolute atomic E-state index is 13.1. The molecular weight excluding hydrogens is 249 g/mol. The second kappa shape index (κ2) is 9.34. The number of nitrogens with two attached hydrogens (primary N) is 1. The lowest BCUT2D eigenvalue weighted by atomic mass is 10.2. The highest BCUT2D eigenvalue weighted by Crippen LogP contribution is 2.18. The Labute approximate surface area is 112 Å². The van der Waals surface area contributed by atoms with Crippen molar-refractivity contribution in [1.29, 1.82) is 0 Å². The van der Waals surface area contributed by atoms with Crippen molar-refractivity contribution in [2.24, 2.45) is 5.73 Å². The van der Waals surface area contributed by atoms with Crippen LogP contribution < -0.4 is 10.5 Å². The van der Waals surface area contributed by atoms with Crippen molar-refractivity contribution in [3.63, 3.8) is 0 Å². The van der Waals surface area contributed by atoms with Crippen LogP contribution in [0.5, 0.6) is 5.75 Å². The minimum absolute atomic E-state index is 0.218. The van der Waals surface area contributed by atoms with Crippen LogP contribution in [0.25, 0.3) is 0 Å². The first-order valence-corrected chi connectivity index (χ1v) is 5.96. The predicted octanol–water partition coefficient (Wildman–Crippen LogP) is 1.18. The molecule has 5 heteroatoms. The Balaban J connectivity index is 2.48. The van der Waals surface area contributed by atoms with Crippen molar-refractivity contribution in [3.05, 3.63) is 29.6 Å². The fourth-order valence-electron chi connectivity index (χ4n) is 1.33. The Bertz CT molecular complexity index is 440. The SMILES string of the molecule is COCCOCCOc1ccc(F)cc1C#CCN. The van der Waals surface area contributed by atoms with Crippen molar-refractivity contribution < 1.29 is 18.6 Å². The zero-order valence-electron chi connectivity index (χ0n) is 10.9. The second-order valence-electron chi connectivity index (χ2n) is 3.60. The number of rotatable bonds is 7. The lowest BCUT2D eigenvalue weighted by molar-refractivity contribution is 0.0544. The number of hydrogen-bond donors (Lipinski definition) is 1. The van der Waals surface area contributed by atoms with Gasteiger partial charge in [-0.1, -0.05) is 11.8 Å². The highest BCUT2D eigenvalue weighted by Gasteiger charge is 2.03. The van der Waals surface area contributed by atoms with E-state index in [1.165, 1.54) is 12.1 Å². The molecule has 0 aliphatic heterocycles. The van der Waals surface area contributed by atoms with E-state index in [1.54, 1.807) is 13.2 Å². The molecule has 1 rings (SSSR count). The topological polar surface area (TPSA) is 53.7 Å². The molecular formula is C14H18FNO3. The molecule has 0 saturated carbocycles. The molecule has 0 saturated heterocycles. The summed E-state index contributed by atoms with van der Waals surface area (Å²) < 4.78 is 28.7. The van der Waals surface area contributed by atoms with Gasteiger partial charge in [0.15, 0.2) is 0 Å². The van der Waals surface area contributed by atoms with Crippen molar-refractivity contribution in [2.45, 2.75) is 0 Å². The van der Waals surface area contributed by atoms with E-state index in [4.69, 9.17) is 19.9 Å². The molecule has 2 N–H and O–H groups in total. The second-order valence-corrected chi connectivity index (χ2v) is 3.60. The Morgan fingerprint density at radius 3 is 2.74 bits per heavy atom. The van der Waals surface area contributed by atoms with E-state index in [1.807, 2.05) is 0 Å². The molecule has 0 amide bonds. The van der Waals surface area contributed by atoms with Crippen LogP contribution in [0.4, 0.5) is 4.39 Å². The molecule has 104 valence electrons. The molecule has 0 heterocycles. The van der Waals surface area contributed by atoms with Crippen LogP contribution in [0.1, 0.15) is 5.56 Å². The standard InChI is InChI=1S/C14H18FNO3/c1-17-7-8-18-9-10-19-14-5-4-13(15)11-12(14)3-2-6-16/h4-5,11H,6-10,16H2,1H3. The van der Waals surface area contributed by atoms with Crippen LogP contribution in [0.15, 0.2) is 18.2 Å². The molecule has 0 aliphatic rings. The van der Waals surface area contributed by atoms with Gasteiger partial charge < -0.3 is 19.9 Å². The van der Waals surface area contributed by atoms with E-state index in [-0.39, 0.29) is 12.4 Å². The third-order valence-corrected chi connectivity index (χ3v) is 2.18. The van der Waals surface area contributed by atoms with Crippen molar-refractivity contribution in [3.8, 4) is 17.6 Å². The first kappa shape index (κ1) is 15.4. The van der Waals surface area contributed by atoms with Crippen LogP contribution in [0.3, 0.4) is 0 Å². The van der Waals surface area contributed by atoms with Gasteiger partial charge in [0.2, 0.25) is 0 Å². The summed E-state index contributed by atoms with van der Waals surface area (Å²) in [6.07, 6.45) is 0. The fraction of sp³-hybridized carbons (Fsp3) is 0.429. The summed E-state index contributed by atoms with van der Waals surface area (Å²) in [6.45, 7) is 2.08. The summed E-state index contributed by atoms with van der Waals surface area (Å²) in [7, 11) is 1.61. The van der Waals surface area contributed by atoms with Gasteiger partial charge in [-0.2, -0.15) is 0 Å². The Kier molecular flexibility index (Phi) is 7.59. The minimum atomic E-state index is -0.356. The molecule has 0 aliphatic carbocycles. The molecule has 1 aromatic carbocycles. The molecule has 0 aromatic heterocycles. The molecule has 4 nitrogen and oxygen atoms in total. The number of benzene rings is 1. The monoisotopic (exact) mass is 267 g/mol. The van der Waals surface area contributed by atoms with Crippen molar-refractivity contribution in [1.82, 2.24) is 0 Å². The lowest BCUT2D eigenvalue weighted by Crippen LogP contribution is -2.10. The molecule has 0 atom stereocenters. The van der Waals surface area contributed by atoms with E-state index >= 15 is 0 Å². The number of methoxy groups -OCH3 is 1. The number of ether oxygens (including phenoxy) is 3. The molecule has 1 aromatic rings. The van der Waals surface area contributed by atoms with Crippen molar-refractivity contribution >= 4 is 0 Å². The summed E-state index contributed by atoms with van der Waals surface area (Å²) in [5.74, 6) is 5.62. The van der Waals surface area contributed by atoms with Crippen LogP contribution in [-0.2, 0) is 9.47 Å². The summed E-state index contributed by atoms with van der Waals surface area (Å²) in [5.41, 5.74) is 5.78. The predicted molar refractivity (Wildman–Crippen MR) is 70.5 cm³/mol. The van der Waals surface area contributed by atoms with E-state index in [9.17, 15) is 4.39 Å². The number of hydrogen-bond acceptors (Lipinski definition) is 4. The van der Waals surface area contributed by atoms with E-state index in [0.29, 0.717) is 37.7 Å². The van der Waals surface area contributed by atoms with E-state index in [2.05, 4.69) is 11.8 Å². The van der Waals surface area contributed by atoms with Gasteiger partial charge in [0.25, 0.3) is 0 Å². The smallest absolute Gasteiger partial charge is 0.135 e. The van der Waals surface area contributed by atoms with Gasteiger partial charge >= 0.3 is 0 Å². The maximum atomic E-state index is 13.1. The average Bonchev–Trinajstić information content (AvgIpc) is 2.42. The maximum Gasteiger partial charge on any atom is 0.135 e. The first-order valence-electron chi connectivity index (χ1n) is 5.96. The molecule has 0 radical (unpaired) electrons. The van der Waals surface area contributed by atoms with Gasteiger partial charge in [0.1, 0.15) is 18.2 Å². The van der Waals surface area contributed by atoms with Gasteiger partial charge in [-0.15, -0.1) is 0 Å². The van der Waals surface area contributed by atoms with Gasteiger partial charge in [-0.3, -0.25) is 0 Å². The Hall–Kier alpha value is -1.61. The zero-order valence-corrected chi connectivity index (χ0v) is 10.9. The van der Waals surface area contributed by atoms with Gasteiger partial charge in [-0.05, 0) is 18.2 Å². The van der Waals surface area contributed by atoms with E-state index in [0.717, 1.165) is 0 Å². The quantitative estimate of drug-likeness (QED) is 0.595. The molecule has 0 bridgehead atoms. The van der Waals surface area contributed by atoms with Crippen LogP contribution in [0.2, 0.25) is 0 Å². The molecule has 0 fully saturated rings. The van der Waals surface area contributed by atoms with Crippen LogP contribution >= 0.6 is 0 Å². The third kappa shape index (κ3) is 6.20. The summed E-state index contributed by atoms with van der Waals surface area (Å²) in [6, 6.07) is 4.20.